The van der Waals surface area contributed by atoms with E-state index < -0.39 is 0 Å². The van der Waals surface area contributed by atoms with Crippen LogP contribution in [0.4, 0.5) is 5.69 Å². The highest BCUT2D eigenvalue weighted by Gasteiger charge is 2.00. The zero-order valence-electron chi connectivity index (χ0n) is 10.2. The molecule has 0 unspecified atom stereocenters. The molecule has 0 fully saturated rings. The van der Waals surface area contributed by atoms with Crippen LogP contribution in [0.25, 0.3) is 0 Å². The van der Waals surface area contributed by atoms with E-state index in [-0.39, 0.29) is 5.75 Å². The summed E-state index contributed by atoms with van der Waals surface area (Å²) in [4.78, 5) is 0. The average Bonchev–Trinajstić information content (AvgIpc) is 2.41. The lowest BCUT2D eigenvalue weighted by atomic mass is 10.1. The monoisotopic (exact) mass is 272 g/mol. The zero-order chi connectivity index (χ0) is 13.7. The van der Waals surface area contributed by atoms with Gasteiger partial charge in [-0.25, -0.2) is 0 Å². The maximum Gasteiger partial charge on any atom is 0.115 e. The van der Waals surface area contributed by atoms with Crippen LogP contribution in [0.1, 0.15) is 11.1 Å². The molecule has 4 heteroatoms. The number of nitriles is 1. The Balaban J connectivity index is 1.91. The van der Waals surface area contributed by atoms with E-state index in [9.17, 15) is 5.11 Å². The molecule has 0 bridgehead atoms. The summed E-state index contributed by atoms with van der Waals surface area (Å²) >= 11 is 5.95. The molecule has 2 rings (SSSR count). The number of halogens is 1. The van der Waals surface area contributed by atoms with Gasteiger partial charge < -0.3 is 10.4 Å². The van der Waals surface area contributed by atoms with Gasteiger partial charge in [-0.15, -0.1) is 0 Å². The highest BCUT2D eigenvalue weighted by atomic mass is 35.5. The van der Waals surface area contributed by atoms with E-state index in [1.54, 1.807) is 24.3 Å². The Labute approximate surface area is 117 Å². The van der Waals surface area contributed by atoms with Crippen molar-refractivity contribution in [2.75, 3.05) is 11.9 Å². The number of phenolic OH excluding ortho intramolecular Hbond substituents is 1. The van der Waals surface area contributed by atoms with Crippen LogP contribution in [-0.2, 0) is 6.42 Å². The summed E-state index contributed by atoms with van der Waals surface area (Å²) in [7, 11) is 0. The Morgan fingerprint density at radius 1 is 1.16 bits per heavy atom. The van der Waals surface area contributed by atoms with Crippen LogP contribution in [0.15, 0.2) is 42.5 Å². The Hall–Kier alpha value is -2.18. The van der Waals surface area contributed by atoms with E-state index in [0.29, 0.717) is 10.6 Å². The summed E-state index contributed by atoms with van der Waals surface area (Å²) in [5.74, 6) is 0.274. The minimum Gasteiger partial charge on any atom is -0.508 e. The number of hydrogen-bond donors (Lipinski definition) is 2. The van der Waals surface area contributed by atoms with Gasteiger partial charge in [0.25, 0.3) is 0 Å². The second kappa shape index (κ2) is 6.12. The third-order valence-electron chi connectivity index (χ3n) is 2.77. The quantitative estimate of drug-likeness (QED) is 0.894. The lowest BCUT2D eigenvalue weighted by molar-refractivity contribution is 0.475. The summed E-state index contributed by atoms with van der Waals surface area (Å²) in [6, 6.07) is 14.4. The van der Waals surface area contributed by atoms with Gasteiger partial charge in [-0.1, -0.05) is 23.7 Å². The molecule has 0 saturated carbocycles. The fraction of sp³-hybridized carbons (Fsp3) is 0.133. The van der Waals surface area contributed by atoms with Gasteiger partial charge in [-0.2, -0.15) is 5.26 Å². The molecule has 0 aromatic heterocycles. The van der Waals surface area contributed by atoms with Gasteiger partial charge in [0.1, 0.15) is 11.8 Å². The molecule has 0 heterocycles. The van der Waals surface area contributed by atoms with Gasteiger partial charge in [-0.3, -0.25) is 0 Å². The number of hydrogen-bond acceptors (Lipinski definition) is 3. The summed E-state index contributed by atoms with van der Waals surface area (Å²) in [5, 5.41) is 21.7. The van der Waals surface area contributed by atoms with E-state index in [4.69, 9.17) is 16.9 Å². The molecule has 19 heavy (non-hydrogen) atoms. The highest BCUT2D eigenvalue weighted by molar-refractivity contribution is 6.32. The number of nitrogens with zero attached hydrogens (tertiary/aromatic N) is 1. The third kappa shape index (κ3) is 3.64. The van der Waals surface area contributed by atoms with E-state index >= 15 is 0 Å². The fourth-order valence-corrected chi connectivity index (χ4v) is 1.95. The predicted octanol–water partition coefficient (Wildman–Crippen LogP) is 3.57. The molecule has 0 aliphatic rings. The van der Waals surface area contributed by atoms with Gasteiger partial charge >= 0.3 is 0 Å². The second-order valence-electron chi connectivity index (χ2n) is 4.15. The van der Waals surface area contributed by atoms with Crippen molar-refractivity contribution in [2.24, 2.45) is 0 Å². The minimum absolute atomic E-state index is 0.274. The average molecular weight is 273 g/mol. The molecule has 0 amide bonds. The topological polar surface area (TPSA) is 56.0 Å². The summed E-state index contributed by atoms with van der Waals surface area (Å²) in [5.41, 5.74) is 2.51. The first-order chi connectivity index (χ1) is 9.19. The molecular formula is C15H13ClN2O. The number of aromatic hydroxyl groups is 1. The van der Waals surface area contributed by atoms with E-state index in [1.807, 2.05) is 24.3 Å². The van der Waals surface area contributed by atoms with Crippen LogP contribution < -0.4 is 5.32 Å². The smallest absolute Gasteiger partial charge is 0.115 e. The van der Waals surface area contributed by atoms with E-state index in [0.717, 1.165) is 24.2 Å². The number of benzene rings is 2. The van der Waals surface area contributed by atoms with Crippen molar-refractivity contribution in [3.8, 4) is 11.8 Å². The number of phenols is 1. The fourth-order valence-electron chi connectivity index (χ4n) is 1.73. The van der Waals surface area contributed by atoms with Crippen molar-refractivity contribution in [2.45, 2.75) is 6.42 Å². The number of anilines is 1. The number of rotatable bonds is 4. The zero-order valence-corrected chi connectivity index (χ0v) is 11.0. The molecule has 0 saturated heterocycles. The molecule has 0 aliphatic carbocycles. The van der Waals surface area contributed by atoms with Crippen LogP contribution in [0.2, 0.25) is 5.02 Å². The first kappa shape index (κ1) is 13.3. The standard InChI is InChI=1S/C15H13ClN2O/c16-15-9-13(4-3-12(15)10-17)18-8-7-11-1-5-14(19)6-2-11/h1-6,9,18-19H,7-8H2. The van der Waals surface area contributed by atoms with Gasteiger partial charge in [0.2, 0.25) is 0 Å². The largest absolute Gasteiger partial charge is 0.508 e. The maximum atomic E-state index is 9.18. The summed E-state index contributed by atoms with van der Waals surface area (Å²) in [6.45, 7) is 0.757. The first-order valence-corrected chi connectivity index (χ1v) is 6.28. The normalized spacial score (nSPS) is 9.89. The second-order valence-corrected chi connectivity index (χ2v) is 4.56. The molecule has 0 radical (unpaired) electrons. The van der Waals surface area contributed by atoms with Crippen molar-refractivity contribution in [3.05, 3.63) is 58.6 Å². The molecule has 2 aromatic carbocycles. The lowest BCUT2D eigenvalue weighted by Gasteiger charge is -2.07. The lowest BCUT2D eigenvalue weighted by Crippen LogP contribution is -2.04. The van der Waals surface area contributed by atoms with Crippen molar-refractivity contribution in [3.63, 3.8) is 0 Å². The SMILES string of the molecule is N#Cc1ccc(NCCc2ccc(O)cc2)cc1Cl. The van der Waals surface area contributed by atoms with Crippen LogP contribution in [0.5, 0.6) is 5.75 Å². The molecular weight excluding hydrogens is 260 g/mol. The predicted molar refractivity (Wildman–Crippen MR) is 76.5 cm³/mol. The molecule has 0 atom stereocenters. The van der Waals surface area contributed by atoms with Gasteiger partial charge in [0, 0.05) is 12.2 Å². The first-order valence-electron chi connectivity index (χ1n) is 5.90. The maximum absolute atomic E-state index is 9.18. The van der Waals surface area contributed by atoms with Crippen LogP contribution in [0, 0.1) is 11.3 Å². The van der Waals surface area contributed by atoms with Crippen LogP contribution in [0.3, 0.4) is 0 Å². The Bertz CT molecular complexity index is 603. The van der Waals surface area contributed by atoms with Crippen LogP contribution >= 0.6 is 11.6 Å². The van der Waals surface area contributed by atoms with Crippen molar-refractivity contribution < 1.29 is 5.11 Å². The molecule has 2 N–H and O–H groups in total. The minimum atomic E-state index is 0.274. The van der Waals surface area contributed by atoms with Crippen molar-refractivity contribution >= 4 is 17.3 Å². The highest BCUT2D eigenvalue weighted by Crippen LogP contribution is 2.20. The van der Waals surface area contributed by atoms with Crippen molar-refractivity contribution in [1.82, 2.24) is 0 Å². The van der Waals surface area contributed by atoms with E-state index in [2.05, 4.69) is 5.32 Å². The van der Waals surface area contributed by atoms with Gasteiger partial charge in [-0.05, 0) is 42.3 Å². The molecule has 3 nitrogen and oxygen atoms in total. The Morgan fingerprint density at radius 2 is 1.89 bits per heavy atom. The van der Waals surface area contributed by atoms with Gasteiger partial charge in [0.05, 0.1) is 10.6 Å². The molecule has 2 aromatic rings. The molecule has 96 valence electrons. The number of nitrogens with one attached hydrogen (secondary N) is 1. The van der Waals surface area contributed by atoms with Gasteiger partial charge in [0.15, 0.2) is 0 Å². The molecule has 0 spiro atoms. The Kier molecular flexibility index (Phi) is 4.27. The summed E-state index contributed by atoms with van der Waals surface area (Å²) in [6.07, 6.45) is 0.845. The third-order valence-corrected chi connectivity index (χ3v) is 3.08. The van der Waals surface area contributed by atoms with Crippen molar-refractivity contribution in [1.29, 1.82) is 5.26 Å². The summed E-state index contributed by atoms with van der Waals surface area (Å²) < 4.78 is 0. The van der Waals surface area contributed by atoms with E-state index in [1.165, 1.54) is 0 Å². The Morgan fingerprint density at radius 3 is 2.53 bits per heavy atom. The van der Waals surface area contributed by atoms with Crippen LogP contribution in [-0.4, -0.2) is 11.7 Å². The molecule has 0 aliphatic heterocycles.